The van der Waals surface area contributed by atoms with E-state index in [0.717, 1.165) is 6.21 Å². The summed E-state index contributed by atoms with van der Waals surface area (Å²) in [5, 5.41) is -0.0759. The quantitative estimate of drug-likeness (QED) is 0.560. The summed E-state index contributed by atoms with van der Waals surface area (Å²) in [7, 11) is 0. The second kappa shape index (κ2) is 3.42. The lowest BCUT2D eigenvalue weighted by Crippen LogP contribution is -2.23. The molecule has 0 aromatic rings. The van der Waals surface area contributed by atoms with Gasteiger partial charge in [0.2, 0.25) is 11.7 Å². The Kier molecular flexibility index (Phi) is 2.76. The van der Waals surface area contributed by atoms with Crippen LogP contribution in [0, 0.1) is 5.41 Å². The Labute approximate surface area is 86.4 Å². The molecule has 0 spiro atoms. The molecule has 2 nitrogen and oxygen atoms in total. The number of alkyl halides is 1. The van der Waals surface area contributed by atoms with Crippen molar-refractivity contribution >= 4 is 24.0 Å². The van der Waals surface area contributed by atoms with E-state index in [9.17, 15) is 8.78 Å². The Bertz CT molecular complexity index is 330. The zero-order valence-corrected chi connectivity index (χ0v) is 8.94. The Balaban J connectivity index is 3.25. The van der Waals surface area contributed by atoms with Gasteiger partial charge in [0.05, 0.1) is 11.2 Å². The Morgan fingerprint density at radius 2 is 1.86 bits per heavy atom. The van der Waals surface area contributed by atoms with Gasteiger partial charge >= 0.3 is 0 Å². The predicted molar refractivity (Wildman–Crippen MR) is 54.3 cm³/mol. The topological polar surface area (TPSA) is 24.7 Å². The van der Waals surface area contributed by atoms with Crippen molar-refractivity contribution in [3.05, 3.63) is 11.0 Å². The van der Waals surface area contributed by atoms with Crippen molar-refractivity contribution in [2.75, 3.05) is 0 Å². The van der Waals surface area contributed by atoms with Gasteiger partial charge in [-0.05, 0) is 20.8 Å². The highest BCUT2D eigenvalue weighted by molar-refractivity contribution is 6.31. The Morgan fingerprint density at radius 3 is 2.43 bits per heavy atom. The maximum atomic E-state index is 13.4. The van der Waals surface area contributed by atoms with E-state index in [-0.39, 0.29) is 5.03 Å². The van der Waals surface area contributed by atoms with Crippen LogP contribution >= 0.6 is 11.6 Å². The third-order valence-electron chi connectivity index (χ3n) is 1.80. The van der Waals surface area contributed by atoms with Crippen LogP contribution in [0.3, 0.4) is 0 Å². The van der Waals surface area contributed by atoms with Gasteiger partial charge in [-0.25, -0.2) is 9.38 Å². The summed E-state index contributed by atoms with van der Waals surface area (Å²) in [6.45, 7) is 4.46. The van der Waals surface area contributed by atoms with Crippen molar-refractivity contribution in [3.63, 3.8) is 0 Å². The predicted octanol–water partition coefficient (Wildman–Crippen LogP) is 3.23. The lowest BCUT2D eigenvalue weighted by molar-refractivity contribution is 0.303. The van der Waals surface area contributed by atoms with Gasteiger partial charge in [-0.15, -0.1) is 0 Å². The third kappa shape index (κ3) is 2.38. The van der Waals surface area contributed by atoms with Crippen LogP contribution in [-0.4, -0.2) is 18.2 Å². The maximum Gasteiger partial charge on any atom is 0.232 e. The normalized spacial score (nSPS) is 31.6. The SMILES string of the molecule is CC1(F)C=NC(F)=C(Cl)C(C)(C)C=N1. The summed E-state index contributed by atoms with van der Waals surface area (Å²) in [6, 6.07) is 0. The molecule has 78 valence electrons. The van der Waals surface area contributed by atoms with Gasteiger partial charge in [0.15, 0.2) is 0 Å². The van der Waals surface area contributed by atoms with Gasteiger partial charge < -0.3 is 0 Å². The monoisotopic (exact) mass is 220 g/mol. The number of hydrogen-bond acceptors (Lipinski definition) is 2. The highest BCUT2D eigenvalue weighted by Gasteiger charge is 2.29. The molecule has 5 heteroatoms. The molecule has 0 aromatic carbocycles. The van der Waals surface area contributed by atoms with Crippen LogP contribution in [-0.2, 0) is 0 Å². The summed E-state index contributed by atoms with van der Waals surface area (Å²) in [5.74, 6) is -2.85. The van der Waals surface area contributed by atoms with E-state index < -0.39 is 17.2 Å². The summed E-state index contributed by atoms with van der Waals surface area (Å²) in [5.41, 5.74) is -0.837. The molecule has 0 N–H and O–H groups in total. The molecule has 1 heterocycles. The molecule has 0 saturated carbocycles. The molecule has 14 heavy (non-hydrogen) atoms. The molecule has 0 saturated heterocycles. The fraction of sp³-hybridized carbons (Fsp3) is 0.556. The number of nitrogens with zero attached hydrogens (tertiary/aromatic N) is 2. The first-order chi connectivity index (χ1) is 6.25. The van der Waals surface area contributed by atoms with Crippen LogP contribution in [0.2, 0.25) is 0 Å². The van der Waals surface area contributed by atoms with Crippen molar-refractivity contribution in [1.29, 1.82) is 0 Å². The largest absolute Gasteiger partial charge is 0.252 e. The first-order valence-corrected chi connectivity index (χ1v) is 4.49. The highest BCUT2D eigenvalue weighted by atomic mass is 35.5. The molecule has 1 unspecified atom stereocenters. The van der Waals surface area contributed by atoms with E-state index >= 15 is 0 Å². The van der Waals surface area contributed by atoms with Gasteiger partial charge in [0.1, 0.15) is 0 Å². The van der Waals surface area contributed by atoms with E-state index in [1.165, 1.54) is 13.1 Å². The third-order valence-corrected chi connectivity index (χ3v) is 2.44. The fourth-order valence-corrected chi connectivity index (χ4v) is 0.972. The standard InChI is InChI=1S/C9H11ClF2N2/c1-8(2)4-14-9(3,12)5-13-7(11)6(8)10/h4-5H,1-3H3. The molecule has 0 aliphatic carbocycles. The minimum Gasteiger partial charge on any atom is -0.252 e. The van der Waals surface area contributed by atoms with Crippen LogP contribution in [0.15, 0.2) is 21.0 Å². The van der Waals surface area contributed by atoms with Crippen molar-refractivity contribution in [2.45, 2.75) is 26.6 Å². The molecular weight excluding hydrogens is 210 g/mol. The van der Waals surface area contributed by atoms with Crippen LogP contribution in [0.4, 0.5) is 8.78 Å². The zero-order valence-electron chi connectivity index (χ0n) is 8.18. The molecule has 1 aliphatic rings. The van der Waals surface area contributed by atoms with Gasteiger partial charge in [-0.2, -0.15) is 4.39 Å². The van der Waals surface area contributed by atoms with Gasteiger partial charge in [0.25, 0.3) is 0 Å². The molecule has 0 aromatic heterocycles. The molecule has 0 radical (unpaired) electrons. The second-order valence-corrected chi connectivity index (χ2v) is 4.24. The molecular formula is C9H11ClF2N2. The van der Waals surface area contributed by atoms with E-state index in [1.807, 2.05) is 0 Å². The Hall–Kier alpha value is -0.770. The van der Waals surface area contributed by atoms with E-state index in [0.29, 0.717) is 0 Å². The fourth-order valence-electron chi connectivity index (χ4n) is 0.875. The number of hydrogen-bond donors (Lipinski definition) is 0. The molecule has 0 fully saturated rings. The first-order valence-electron chi connectivity index (χ1n) is 4.11. The average molecular weight is 221 g/mol. The van der Waals surface area contributed by atoms with Gasteiger partial charge in [-0.3, -0.25) is 4.99 Å². The van der Waals surface area contributed by atoms with E-state index in [1.54, 1.807) is 13.8 Å². The van der Waals surface area contributed by atoms with Crippen LogP contribution in [0.5, 0.6) is 0 Å². The Morgan fingerprint density at radius 1 is 1.29 bits per heavy atom. The molecule has 0 bridgehead atoms. The minimum absolute atomic E-state index is 0.0759. The van der Waals surface area contributed by atoms with Crippen LogP contribution in [0.25, 0.3) is 0 Å². The van der Waals surface area contributed by atoms with Crippen molar-refractivity contribution in [1.82, 2.24) is 0 Å². The molecule has 1 atom stereocenters. The molecule has 1 aliphatic heterocycles. The lowest BCUT2D eigenvalue weighted by Gasteiger charge is -2.21. The lowest BCUT2D eigenvalue weighted by atomic mass is 9.94. The molecule has 1 rings (SSSR count). The maximum absolute atomic E-state index is 13.4. The smallest absolute Gasteiger partial charge is 0.232 e. The number of halogens is 3. The first kappa shape index (κ1) is 11.3. The second-order valence-electron chi connectivity index (χ2n) is 3.87. The molecule has 0 amide bonds. The summed E-state index contributed by atoms with van der Waals surface area (Å²) in [4.78, 5) is 6.91. The number of allylic oxidation sites excluding steroid dienone is 1. The summed E-state index contributed by atoms with van der Waals surface area (Å²) in [6.07, 6.45) is 2.08. The highest BCUT2D eigenvalue weighted by Crippen LogP contribution is 2.33. The summed E-state index contributed by atoms with van der Waals surface area (Å²) < 4.78 is 26.6. The van der Waals surface area contributed by atoms with Crippen LogP contribution < -0.4 is 0 Å². The van der Waals surface area contributed by atoms with Crippen molar-refractivity contribution < 1.29 is 8.78 Å². The van der Waals surface area contributed by atoms with E-state index in [2.05, 4.69) is 9.98 Å². The average Bonchev–Trinajstić information content (AvgIpc) is 2.09. The zero-order chi connectivity index (χ0) is 11.0. The number of rotatable bonds is 0. The van der Waals surface area contributed by atoms with Gasteiger partial charge in [0, 0.05) is 11.6 Å². The number of aliphatic imine (C=N–C) groups is 2. The minimum atomic E-state index is -1.98. The van der Waals surface area contributed by atoms with Crippen molar-refractivity contribution in [2.24, 2.45) is 15.4 Å². The van der Waals surface area contributed by atoms with Crippen LogP contribution in [0.1, 0.15) is 20.8 Å². The van der Waals surface area contributed by atoms with Gasteiger partial charge in [-0.1, -0.05) is 11.6 Å². The van der Waals surface area contributed by atoms with Crippen molar-refractivity contribution in [3.8, 4) is 0 Å². The van der Waals surface area contributed by atoms with E-state index in [4.69, 9.17) is 11.6 Å². The summed E-state index contributed by atoms with van der Waals surface area (Å²) >= 11 is 5.71.